The van der Waals surface area contributed by atoms with E-state index in [-0.39, 0.29) is 0 Å². The van der Waals surface area contributed by atoms with E-state index >= 15 is 0 Å². The van der Waals surface area contributed by atoms with Crippen molar-refractivity contribution in [1.82, 2.24) is 0 Å². The maximum absolute atomic E-state index is 13.3. The van der Waals surface area contributed by atoms with Gasteiger partial charge in [0.15, 0.2) is 0 Å². The maximum Gasteiger partial charge on any atom is 0.474 e. The fourth-order valence-electron chi connectivity index (χ4n) is 1.59. The van der Waals surface area contributed by atoms with E-state index < -0.39 is 50.6 Å². The summed E-state index contributed by atoms with van der Waals surface area (Å²) in [4.78, 5) is -0.982. The van der Waals surface area contributed by atoms with Crippen LogP contribution in [-0.2, 0) is 10.2 Å². The highest BCUT2D eigenvalue weighted by atomic mass is 32.3. The first-order valence-electron chi connectivity index (χ1n) is 6.10. The standard InChI is InChI=1S/C12H10F8O3S/c1-6(2)8-5-7(24(20,21)22)3-4-9(8)23-12(18,19)10(13,14)11(15,16)17/h3-6H,1-2H3. The summed E-state index contributed by atoms with van der Waals surface area (Å²) in [5.41, 5.74) is -0.494. The molecule has 0 saturated heterocycles. The lowest BCUT2D eigenvalue weighted by atomic mass is 10.0. The Morgan fingerprint density at radius 2 is 1.50 bits per heavy atom. The molecule has 0 N–H and O–H groups in total. The van der Waals surface area contributed by atoms with Gasteiger partial charge in [-0.15, -0.1) is 3.89 Å². The van der Waals surface area contributed by atoms with Gasteiger partial charge in [0.05, 0.1) is 4.90 Å². The lowest BCUT2D eigenvalue weighted by Crippen LogP contribution is -2.55. The second-order valence-corrected chi connectivity index (χ2v) is 6.33. The molecule has 0 spiro atoms. The predicted molar refractivity (Wildman–Crippen MR) is 65.4 cm³/mol. The minimum Gasteiger partial charge on any atom is -0.427 e. The van der Waals surface area contributed by atoms with E-state index in [4.69, 9.17) is 0 Å². The van der Waals surface area contributed by atoms with Crippen LogP contribution in [0.2, 0.25) is 0 Å². The smallest absolute Gasteiger partial charge is 0.427 e. The number of alkyl halides is 7. The third-order valence-corrected chi connectivity index (χ3v) is 3.66. The fourth-order valence-corrected chi connectivity index (χ4v) is 2.09. The van der Waals surface area contributed by atoms with Crippen molar-refractivity contribution in [2.45, 2.75) is 42.9 Å². The van der Waals surface area contributed by atoms with E-state index in [1.54, 1.807) is 0 Å². The maximum atomic E-state index is 13.3. The van der Waals surface area contributed by atoms with Crippen LogP contribution < -0.4 is 4.74 Å². The number of hydrogen-bond donors (Lipinski definition) is 0. The van der Waals surface area contributed by atoms with Crippen LogP contribution in [0.1, 0.15) is 25.3 Å². The van der Waals surface area contributed by atoms with Crippen molar-refractivity contribution in [3.05, 3.63) is 23.8 Å². The lowest BCUT2D eigenvalue weighted by molar-refractivity contribution is -0.403. The Kier molecular flexibility index (Phi) is 5.15. The molecule has 24 heavy (non-hydrogen) atoms. The molecule has 0 fully saturated rings. The van der Waals surface area contributed by atoms with Gasteiger partial charge in [0.2, 0.25) is 0 Å². The molecule has 0 unspecified atom stereocenters. The van der Waals surface area contributed by atoms with Gasteiger partial charge in [-0.1, -0.05) is 13.8 Å². The van der Waals surface area contributed by atoms with Crippen LogP contribution >= 0.6 is 0 Å². The number of hydrogen-bond acceptors (Lipinski definition) is 3. The van der Waals surface area contributed by atoms with Crippen molar-refractivity contribution in [2.24, 2.45) is 0 Å². The molecule has 12 heteroatoms. The molecule has 0 aliphatic carbocycles. The normalized spacial score (nSPS) is 14.1. The summed E-state index contributed by atoms with van der Waals surface area (Å²) in [6.45, 7) is 2.55. The highest BCUT2D eigenvalue weighted by molar-refractivity contribution is 7.86. The van der Waals surface area contributed by atoms with Crippen molar-refractivity contribution < 1.29 is 47.8 Å². The predicted octanol–water partition coefficient (Wildman–Crippen LogP) is 4.64. The van der Waals surface area contributed by atoms with E-state index in [0.717, 1.165) is 0 Å². The van der Waals surface area contributed by atoms with Crippen molar-refractivity contribution >= 4 is 10.2 Å². The Morgan fingerprint density at radius 1 is 1.00 bits per heavy atom. The Labute approximate surface area is 131 Å². The Hall–Kier alpha value is -1.59. The zero-order valence-electron chi connectivity index (χ0n) is 12.0. The number of benzene rings is 1. The van der Waals surface area contributed by atoms with Crippen molar-refractivity contribution in [3.8, 4) is 5.75 Å². The van der Waals surface area contributed by atoms with Crippen LogP contribution in [0.15, 0.2) is 23.1 Å². The van der Waals surface area contributed by atoms with Gasteiger partial charge in [-0.25, -0.2) is 0 Å². The molecule has 3 nitrogen and oxygen atoms in total. The van der Waals surface area contributed by atoms with Gasteiger partial charge in [0, 0.05) is 0 Å². The van der Waals surface area contributed by atoms with Crippen LogP contribution in [-0.4, -0.2) is 26.6 Å². The van der Waals surface area contributed by atoms with Gasteiger partial charge in [-0.05, 0) is 29.7 Å². The third-order valence-electron chi connectivity index (χ3n) is 2.84. The SMILES string of the molecule is CC(C)c1cc(S(=O)(=O)F)ccc1OC(F)(F)C(F)(F)C(F)(F)F. The summed E-state index contributed by atoms with van der Waals surface area (Å²) < 4.78 is 126. The highest BCUT2D eigenvalue weighted by Crippen LogP contribution is 2.48. The summed E-state index contributed by atoms with van der Waals surface area (Å²) in [5.74, 6) is -8.48. The highest BCUT2D eigenvalue weighted by Gasteiger charge is 2.75. The van der Waals surface area contributed by atoms with Gasteiger partial charge in [0.1, 0.15) is 5.75 Å². The first kappa shape index (κ1) is 20.5. The molecule has 0 atom stereocenters. The molecule has 0 amide bonds. The zero-order valence-corrected chi connectivity index (χ0v) is 12.8. The molecule has 0 aliphatic rings. The average Bonchev–Trinajstić information content (AvgIpc) is 2.35. The van der Waals surface area contributed by atoms with Crippen LogP contribution in [0.25, 0.3) is 0 Å². The topological polar surface area (TPSA) is 43.4 Å². The summed E-state index contributed by atoms with van der Waals surface area (Å²) >= 11 is 0. The number of halogens is 8. The van der Waals surface area contributed by atoms with E-state index in [9.17, 15) is 43.0 Å². The second-order valence-electron chi connectivity index (χ2n) is 4.98. The molecule has 0 aliphatic heterocycles. The summed E-state index contributed by atoms with van der Waals surface area (Å²) in [5, 5.41) is 0. The fraction of sp³-hybridized carbons (Fsp3) is 0.500. The molecule has 0 radical (unpaired) electrons. The molecule has 1 aromatic rings. The molecule has 0 bridgehead atoms. The summed E-state index contributed by atoms with van der Waals surface area (Å²) in [6.07, 6.45) is -12.6. The van der Waals surface area contributed by atoms with Crippen LogP contribution in [0.3, 0.4) is 0 Å². The monoisotopic (exact) mass is 386 g/mol. The van der Waals surface area contributed by atoms with Crippen molar-refractivity contribution in [3.63, 3.8) is 0 Å². The Morgan fingerprint density at radius 3 is 1.88 bits per heavy atom. The third kappa shape index (κ3) is 3.90. The summed E-state index contributed by atoms with van der Waals surface area (Å²) in [7, 11) is -5.24. The largest absolute Gasteiger partial charge is 0.474 e. The zero-order chi connectivity index (χ0) is 19.1. The van der Waals surface area contributed by atoms with E-state index in [1.807, 2.05) is 0 Å². The van der Waals surface area contributed by atoms with Crippen LogP contribution in [0.5, 0.6) is 5.75 Å². The lowest BCUT2D eigenvalue weighted by Gasteiger charge is -2.29. The molecule has 0 aromatic heterocycles. The quantitative estimate of drug-likeness (QED) is 0.547. The van der Waals surface area contributed by atoms with Crippen LogP contribution in [0.4, 0.5) is 34.6 Å². The Balaban J connectivity index is 3.38. The van der Waals surface area contributed by atoms with E-state index in [0.29, 0.717) is 18.2 Å². The molecular weight excluding hydrogens is 376 g/mol. The van der Waals surface area contributed by atoms with E-state index in [2.05, 4.69) is 4.74 Å². The van der Waals surface area contributed by atoms with Gasteiger partial charge < -0.3 is 4.74 Å². The molecule has 0 saturated carbocycles. The van der Waals surface area contributed by atoms with Gasteiger partial charge in [0.25, 0.3) is 0 Å². The van der Waals surface area contributed by atoms with Gasteiger partial charge >= 0.3 is 28.4 Å². The minimum absolute atomic E-state index is 0.377. The number of rotatable bonds is 5. The molecule has 138 valence electrons. The second kappa shape index (κ2) is 6.05. The molecule has 0 heterocycles. The van der Waals surface area contributed by atoms with E-state index in [1.165, 1.54) is 13.8 Å². The van der Waals surface area contributed by atoms with Gasteiger partial charge in [-0.2, -0.15) is 39.2 Å². The minimum atomic E-state index is -6.59. The number of ether oxygens (including phenoxy) is 1. The van der Waals surface area contributed by atoms with Crippen LogP contribution in [0, 0.1) is 0 Å². The first-order valence-corrected chi connectivity index (χ1v) is 7.49. The molecular formula is C12H10F8O3S. The molecule has 1 rings (SSSR count). The molecule has 1 aromatic carbocycles. The Bertz CT molecular complexity index is 710. The summed E-state index contributed by atoms with van der Waals surface area (Å²) in [6, 6.07) is 1.29. The average molecular weight is 386 g/mol. The van der Waals surface area contributed by atoms with Gasteiger partial charge in [-0.3, -0.25) is 0 Å². The first-order chi connectivity index (χ1) is 10.5. The van der Waals surface area contributed by atoms with Crippen molar-refractivity contribution in [1.29, 1.82) is 0 Å². The van der Waals surface area contributed by atoms with Crippen molar-refractivity contribution in [2.75, 3.05) is 0 Å².